The van der Waals surface area contributed by atoms with Crippen molar-refractivity contribution in [3.8, 4) is 5.75 Å². The summed E-state index contributed by atoms with van der Waals surface area (Å²) < 4.78 is 5.26. The van der Waals surface area contributed by atoms with Crippen molar-refractivity contribution in [2.45, 2.75) is 24.1 Å². The lowest BCUT2D eigenvalue weighted by atomic mass is 10.1. The Hall–Kier alpha value is -0.500. The fraction of sp³-hybridized carbons (Fsp3) is 0.455. The van der Waals surface area contributed by atoms with E-state index in [9.17, 15) is 0 Å². The van der Waals surface area contributed by atoms with Gasteiger partial charge in [-0.05, 0) is 30.4 Å². The summed E-state index contributed by atoms with van der Waals surface area (Å²) in [6, 6.07) is 6.51. The molecule has 1 nitrogen and oxygen atoms in total. The number of methoxy groups -OCH3 is 1. The lowest BCUT2D eigenvalue weighted by Gasteiger charge is -2.07. The smallest absolute Gasteiger partial charge is 0.122 e. The van der Waals surface area contributed by atoms with Crippen LogP contribution in [0.5, 0.6) is 5.75 Å². The number of hydrogen-bond acceptors (Lipinski definition) is 1. The highest BCUT2D eigenvalue weighted by Gasteiger charge is 2.23. The Labute approximate surface area is 87.2 Å². The van der Waals surface area contributed by atoms with Gasteiger partial charge in [-0.2, -0.15) is 0 Å². The predicted molar refractivity (Wildman–Crippen MR) is 57.6 cm³/mol. The number of ether oxygens (including phenoxy) is 1. The van der Waals surface area contributed by atoms with Gasteiger partial charge in [-0.3, -0.25) is 0 Å². The Balaban J connectivity index is 2.31. The molecular formula is C11H13BrO. The van der Waals surface area contributed by atoms with Gasteiger partial charge in [0, 0.05) is 10.9 Å². The van der Waals surface area contributed by atoms with Crippen molar-refractivity contribution >= 4 is 15.9 Å². The summed E-state index contributed by atoms with van der Waals surface area (Å²) in [7, 11) is 1.72. The van der Waals surface area contributed by atoms with Gasteiger partial charge >= 0.3 is 0 Å². The quantitative estimate of drug-likeness (QED) is 0.736. The van der Waals surface area contributed by atoms with Crippen LogP contribution in [0.4, 0.5) is 0 Å². The molecule has 0 aliphatic heterocycles. The van der Waals surface area contributed by atoms with E-state index in [-0.39, 0.29) is 0 Å². The van der Waals surface area contributed by atoms with Crippen LogP contribution in [0.2, 0.25) is 0 Å². The molecule has 1 aromatic carbocycles. The highest BCUT2D eigenvalue weighted by Crippen LogP contribution is 2.41. The number of benzene rings is 1. The molecule has 0 saturated heterocycles. The number of alkyl halides is 1. The molecule has 70 valence electrons. The van der Waals surface area contributed by atoms with Crippen LogP contribution < -0.4 is 4.74 Å². The minimum Gasteiger partial charge on any atom is -0.496 e. The van der Waals surface area contributed by atoms with Crippen molar-refractivity contribution in [1.29, 1.82) is 0 Å². The first kappa shape index (κ1) is 9.07. The summed E-state index contributed by atoms with van der Waals surface area (Å²) >= 11 is 3.47. The van der Waals surface area contributed by atoms with E-state index in [0.29, 0.717) is 0 Å². The van der Waals surface area contributed by atoms with Crippen LogP contribution >= 0.6 is 15.9 Å². The van der Waals surface area contributed by atoms with Gasteiger partial charge in [-0.1, -0.05) is 28.1 Å². The molecule has 1 aliphatic carbocycles. The maximum atomic E-state index is 5.26. The molecular weight excluding hydrogens is 228 g/mol. The number of rotatable bonds is 3. The molecule has 0 N–H and O–H groups in total. The second-order valence-electron chi connectivity index (χ2n) is 3.48. The van der Waals surface area contributed by atoms with Crippen LogP contribution in [-0.4, -0.2) is 7.11 Å². The molecule has 2 heteroatoms. The van der Waals surface area contributed by atoms with E-state index in [4.69, 9.17) is 4.74 Å². The van der Waals surface area contributed by atoms with E-state index >= 15 is 0 Å². The van der Waals surface area contributed by atoms with Gasteiger partial charge in [0.1, 0.15) is 5.75 Å². The molecule has 0 amide bonds. The summed E-state index contributed by atoms with van der Waals surface area (Å²) in [5.41, 5.74) is 2.72. The Bertz CT molecular complexity index is 305. The second-order valence-corrected chi connectivity index (χ2v) is 4.04. The molecule has 1 aromatic rings. The highest BCUT2D eigenvalue weighted by molar-refractivity contribution is 9.08. The first-order chi connectivity index (χ1) is 6.35. The van der Waals surface area contributed by atoms with Gasteiger partial charge in [0.05, 0.1) is 7.11 Å². The molecule has 1 fully saturated rings. The van der Waals surface area contributed by atoms with Crippen molar-refractivity contribution in [2.75, 3.05) is 7.11 Å². The zero-order chi connectivity index (χ0) is 9.26. The third-order valence-corrected chi connectivity index (χ3v) is 3.10. The van der Waals surface area contributed by atoms with E-state index in [1.54, 1.807) is 7.11 Å². The summed E-state index contributed by atoms with van der Waals surface area (Å²) in [5, 5.41) is 0.872. The Morgan fingerprint density at radius 3 is 2.77 bits per heavy atom. The van der Waals surface area contributed by atoms with Crippen LogP contribution in [0.3, 0.4) is 0 Å². The van der Waals surface area contributed by atoms with Crippen molar-refractivity contribution in [3.05, 3.63) is 29.3 Å². The SMILES string of the molecule is COc1ccc(C2CC2)cc1CBr. The summed E-state index contributed by atoms with van der Waals surface area (Å²) in [6.07, 6.45) is 2.71. The van der Waals surface area contributed by atoms with Crippen molar-refractivity contribution in [1.82, 2.24) is 0 Å². The normalized spacial score (nSPS) is 15.8. The minimum absolute atomic E-state index is 0.823. The fourth-order valence-corrected chi connectivity index (χ4v) is 2.01. The van der Waals surface area contributed by atoms with Gasteiger partial charge in [0.25, 0.3) is 0 Å². The predicted octanol–water partition coefficient (Wildman–Crippen LogP) is 3.47. The van der Waals surface area contributed by atoms with Crippen molar-refractivity contribution < 1.29 is 4.74 Å². The van der Waals surface area contributed by atoms with Crippen molar-refractivity contribution in [2.24, 2.45) is 0 Å². The molecule has 0 aromatic heterocycles. The third kappa shape index (κ3) is 1.88. The summed E-state index contributed by atoms with van der Waals surface area (Å²) in [5.74, 6) is 1.81. The Kier molecular flexibility index (Phi) is 2.58. The fourth-order valence-electron chi connectivity index (χ4n) is 1.57. The van der Waals surface area contributed by atoms with E-state index in [1.807, 2.05) is 0 Å². The zero-order valence-electron chi connectivity index (χ0n) is 7.72. The monoisotopic (exact) mass is 240 g/mol. The highest BCUT2D eigenvalue weighted by atomic mass is 79.9. The third-order valence-electron chi connectivity index (χ3n) is 2.50. The Morgan fingerprint density at radius 2 is 2.23 bits per heavy atom. The Morgan fingerprint density at radius 1 is 1.46 bits per heavy atom. The molecule has 2 rings (SSSR count). The van der Waals surface area contributed by atoms with E-state index in [1.165, 1.54) is 24.0 Å². The molecule has 0 spiro atoms. The van der Waals surface area contributed by atoms with E-state index in [0.717, 1.165) is 17.0 Å². The minimum atomic E-state index is 0.823. The molecule has 0 bridgehead atoms. The summed E-state index contributed by atoms with van der Waals surface area (Å²) in [6.45, 7) is 0. The first-order valence-electron chi connectivity index (χ1n) is 4.58. The maximum absolute atomic E-state index is 5.26. The maximum Gasteiger partial charge on any atom is 0.122 e. The van der Waals surface area contributed by atoms with Gasteiger partial charge in [0.15, 0.2) is 0 Å². The first-order valence-corrected chi connectivity index (χ1v) is 5.70. The van der Waals surface area contributed by atoms with Crippen LogP contribution in [0.25, 0.3) is 0 Å². The molecule has 0 heterocycles. The molecule has 1 saturated carbocycles. The van der Waals surface area contributed by atoms with Gasteiger partial charge in [-0.15, -0.1) is 0 Å². The molecule has 0 radical (unpaired) electrons. The molecule has 1 aliphatic rings. The standard InChI is InChI=1S/C11H13BrO/c1-13-11-5-4-9(8-2-3-8)6-10(11)7-12/h4-6,8H,2-3,7H2,1H3. The van der Waals surface area contributed by atoms with Gasteiger partial charge in [-0.25, -0.2) is 0 Å². The average Bonchev–Trinajstić information content (AvgIpc) is 3.00. The van der Waals surface area contributed by atoms with E-state index in [2.05, 4.69) is 34.1 Å². The van der Waals surface area contributed by atoms with Gasteiger partial charge in [0.2, 0.25) is 0 Å². The number of hydrogen-bond donors (Lipinski definition) is 0. The largest absolute Gasteiger partial charge is 0.496 e. The van der Waals surface area contributed by atoms with Crippen LogP contribution in [-0.2, 0) is 5.33 Å². The van der Waals surface area contributed by atoms with E-state index < -0.39 is 0 Å². The zero-order valence-corrected chi connectivity index (χ0v) is 9.30. The second kappa shape index (κ2) is 3.70. The molecule has 13 heavy (non-hydrogen) atoms. The lowest BCUT2D eigenvalue weighted by Crippen LogP contribution is -1.91. The molecule has 0 unspecified atom stereocenters. The topological polar surface area (TPSA) is 9.23 Å². The van der Waals surface area contributed by atoms with Crippen molar-refractivity contribution in [3.63, 3.8) is 0 Å². The van der Waals surface area contributed by atoms with Gasteiger partial charge < -0.3 is 4.74 Å². The van der Waals surface area contributed by atoms with Crippen LogP contribution in [0.1, 0.15) is 29.9 Å². The van der Waals surface area contributed by atoms with Crippen LogP contribution in [0.15, 0.2) is 18.2 Å². The lowest BCUT2D eigenvalue weighted by molar-refractivity contribution is 0.411. The average molecular weight is 241 g/mol. The number of halogens is 1. The summed E-state index contributed by atoms with van der Waals surface area (Å²) in [4.78, 5) is 0. The molecule has 0 atom stereocenters. The van der Waals surface area contributed by atoms with Crippen LogP contribution in [0, 0.1) is 0 Å².